The fourth-order valence-electron chi connectivity index (χ4n) is 4.46. The summed E-state index contributed by atoms with van der Waals surface area (Å²) in [6, 6.07) is 5.16. The first-order valence-corrected chi connectivity index (χ1v) is 10.1. The lowest BCUT2D eigenvalue weighted by molar-refractivity contribution is 0.0358. The lowest BCUT2D eigenvalue weighted by Gasteiger charge is -2.23. The lowest BCUT2D eigenvalue weighted by Crippen LogP contribution is -2.30. The zero-order valence-electron chi connectivity index (χ0n) is 15.3. The van der Waals surface area contributed by atoms with Crippen LogP contribution in [0.15, 0.2) is 36.7 Å². The molecule has 7 heteroatoms. The number of allylic oxidation sites excluding steroid dienone is 1. The highest BCUT2D eigenvalue weighted by atomic mass is 35.5. The third-order valence-electron chi connectivity index (χ3n) is 5.76. The Kier molecular flexibility index (Phi) is 4.23. The van der Waals surface area contributed by atoms with E-state index in [-0.39, 0.29) is 23.7 Å². The molecule has 0 spiro atoms. The number of aromatic nitrogens is 2. The van der Waals surface area contributed by atoms with Gasteiger partial charge in [0.2, 0.25) is 0 Å². The number of nitrogens with zero attached hydrogens (tertiary/aromatic N) is 3. The van der Waals surface area contributed by atoms with Gasteiger partial charge >= 0.3 is 5.97 Å². The first-order valence-electron chi connectivity index (χ1n) is 9.70. The number of carbonyl (C=O) groups is 2. The minimum atomic E-state index is -0.435. The van der Waals surface area contributed by atoms with E-state index in [4.69, 9.17) is 16.3 Å². The van der Waals surface area contributed by atoms with Crippen LogP contribution in [0, 0.1) is 0 Å². The number of amides is 1. The van der Waals surface area contributed by atoms with E-state index in [1.54, 1.807) is 18.5 Å². The lowest BCUT2D eigenvalue weighted by atomic mass is 10.1. The molecule has 2 aromatic rings. The number of hydrogen-bond donors (Lipinski definition) is 0. The Morgan fingerprint density at radius 2 is 2.14 bits per heavy atom. The number of halogens is 1. The predicted molar refractivity (Wildman–Crippen MR) is 104 cm³/mol. The number of benzene rings is 1. The molecule has 1 aliphatic carbocycles. The maximum absolute atomic E-state index is 13.2. The molecule has 1 saturated heterocycles. The van der Waals surface area contributed by atoms with Crippen LogP contribution in [-0.2, 0) is 4.74 Å². The summed E-state index contributed by atoms with van der Waals surface area (Å²) in [6.07, 6.45) is 9.89. The van der Waals surface area contributed by atoms with Gasteiger partial charge in [0, 0.05) is 6.54 Å². The Labute approximate surface area is 167 Å². The van der Waals surface area contributed by atoms with E-state index in [1.165, 1.54) is 0 Å². The quantitative estimate of drug-likeness (QED) is 0.565. The number of ether oxygens (including phenoxy) is 1. The van der Waals surface area contributed by atoms with Crippen LogP contribution in [0.5, 0.6) is 0 Å². The van der Waals surface area contributed by atoms with E-state index >= 15 is 0 Å². The minimum Gasteiger partial charge on any atom is -0.453 e. The van der Waals surface area contributed by atoms with E-state index < -0.39 is 5.97 Å². The molecule has 28 heavy (non-hydrogen) atoms. The molecule has 0 saturated carbocycles. The molecule has 144 valence electrons. The molecule has 2 aliphatic heterocycles. The number of hydrogen-bond acceptors (Lipinski definition) is 4. The first-order chi connectivity index (χ1) is 13.6. The Bertz CT molecular complexity index is 997. The average molecular weight is 398 g/mol. The zero-order valence-corrected chi connectivity index (χ0v) is 16.1. The summed E-state index contributed by atoms with van der Waals surface area (Å²) in [5.74, 6) is -0.531. The number of imidazole rings is 1. The van der Waals surface area contributed by atoms with Gasteiger partial charge in [0.25, 0.3) is 5.91 Å². The largest absolute Gasteiger partial charge is 0.453 e. The van der Waals surface area contributed by atoms with Crippen LogP contribution in [0.2, 0.25) is 5.02 Å². The second kappa shape index (κ2) is 6.78. The van der Waals surface area contributed by atoms with Crippen molar-refractivity contribution in [2.45, 2.75) is 44.2 Å². The average Bonchev–Trinajstić information content (AvgIpc) is 3.33. The molecule has 1 aromatic heterocycles. The third-order valence-corrected chi connectivity index (χ3v) is 6.08. The van der Waals surface area contributed by atoms with Crippen LogP contribution in [0.3, 0.4) is 0 Å². The molecule has 3 aliphatic rings. The second-order valence-electron chi connectivity index (χ2n) is 7.44. The van der Waals surface area contributed by atoms with E-state index in [1.807, 2.05) is 27.7 Å². The molecular formula is C21H20ClN3O3. The fraction of sp³-hybridized carbons (Fsp3) is 0.381. The summed E-state index contributed by atoms with van der Waals surface area (Å²) in [7, 11) is 0. The molecule has 1 fully saturated rings. The molecule has 1 aromatic carbocycles. The normalized spacial score (nSPS) is 23.0. The van der Waals surface area contributed by atoms with Crippen LogP contribution < -0.4 is 0 Å². The van der Waals surface area contributed by atoms with Crippen molar-refractivity contribution in [3.63, 3.8) is 0 Å². The number of carbonyl (C=O) groups excluding carboxylic acids is 2. The van der Waals surface area contributed by atoms with Crippen molar-refractivity contribution in [2.24, 2.45) is 0 Å². The SMILES string of the molecule is O=C(O[C@H]1C=CCCC1)c1ncn2c1[C@@H]1CCCN1C(=O)c1c(Cl)cccc1-2. The predicted octanol–water partition coefficient (Wildman–Crippen LogP) is 4.08. The standard InChI is InChI=1S/C21H20ClN3O3/c22-14-8-4-9-15-17(14)20(26)24-11-5-10-16(24)19-18(23-12-25(15)19)21(27)28-13-6-2-1-3-7-13/h2,4,6,8-9,12-13,16H,1,3,5,7,10-11H2/t13-,16-/m0/s1. The molecular weight excluding hydrogens is 378 g/mol. The highest BCUT2D eigenvalue weighted by Crippen LogP contribution is 2.41. The molecule has 0 N–H and O–H groups in total. The van der Waals surface area contributed by atoms with Crippen molar-refractivity contribution < 1.29 is 14.3 Å². The maximum atomic E-state index is 13.2. The number of rotatable bonds is 2. The van der Waals surface area contributed by atoms with Crippen LogP contribution in [0.4, 0.5) is 0 Å². The summed E-state index contributed by atoms with van der Waals surface area (Å²) < 4.78 is 7.53. The number of esters is 1. The Hall–Kier alpha value is -2.60. The Balaban J connectivity index is 1.62. The molecule has 2 atom stereocenters. The molecule has 0 radical (unpaired) electrons. The van der Waals surface area contributed by atoms with Gasteiger partial charge in [-0.3, -0.25) is 9.36 Å². The van der Waals surface area contributed by atoms with Crippen molar-refractivity contribution in [1.82, 2.24) is 14.5 Å². The number of fused-ring (bicyclic) bond motifs is 5. The maximum Gasteiger partial charge on any atom is 0.359 e. The fourth-order valence-corrected chi connectivity index (χ4v) is 4.71. The van der Waals surface area contributed by atoms with E-state index in [2.05, 4.69) is 4.98 Å². The second-order valence-corrected chi connectivity index (χ2v) is 7.85. The van der Waals surface area contributed by atoms with Gasteiger partial charge in [0.1, 0.15) is 12.4 Å². The topological polar surface area (TPSA) is 64.4 Å². The third kappa shape index (κ3) is 2.66. The van der Waals surface area contributed by atoms with E-state index in [0.29, 0.717) is 22.8 Å². The molecule has 5 rings (SSSR count). The van der Waals surface area contributed by atoms with Gasteiger partial charge in [0.15, 0.2) is 5.69 Å². The van der Waals surface area contributed by atoms with Crippen molar-refractivity contribution >= 4 is 23.5 Å². The summed E-state index contributed by atoms with van der Waals surface area (Å²) in [5.41, 5.74) is 2.13. The van der Waals surface area contributed by atoms with Crippen molar-refractivity contribution in [3.05, 3.63) is 58.7 Å². The molecule has 0 bridgehead atoms. The van der Waals surface area contributed by atoms with E-state index in [0.717, 1.165) is 37.8 Å². The van der Waals surface area contributed by atoms with Gasteiger partial charge in [-0.1, -0.05) is 23.7 Å². The molecule has 6 nitrogen and oxygen atoms in total. The van der Waals surface area contributed by atoms with Gasteiger partial charge in [-0.25, -0.2) is 9.78 Å². The van der Waals surface area contributed by atoms with Gasteiger partial charge in [-0.05, 0) is 50.3 Å². The Morgan fingerprint density at radius 3 is 2.96 bits per heavy atom. The van der Waals surface area contributed by atoms with Crippen LogP contribution in [0.25, 0.3) is 5.69 Å². The monoisotopic (exact) mass is 397 g/mol. The van der Waals surface area contributed by atoms with Gasteiger partial charge in [0.05, 0.1) is 28.0 Å². The first kappa shape index (κ1) is 17.5. The highest BCUT2D eigenvalue weighted by Gasteiger charge is 2.41. The smallest absolute Gasteiger partial charge is 0.359 e. The van der Waals surface area contributed by atoms with E-state index in [9.17, 15) is 9.59 Å². The van der Waals surface area contributed by atoms with Crippen molar-refractivity contribution in [1.29, 1.82) is 0 Å². The van der Waals surface area contributed by atoms with Gasteiger partial charge < -0.3 is 9.64 Å². The summed E-state index contributed by atoms with van der Waals surface area (Å²) in [6.45, 7) is 0.638. The van der Waals surface area contributed by atoms with Crippen molar-refractivity contribution in [3.8, 4) is 5.69 Å². The van der Waals surface area contributed by atoms with Gasteiger partial charge in [-0.2, -0.15) is 0 Å². The van der Waals surface area contributed by atoms with Crippen LogP contribution >= 0.6 is 11.6 Å². The summed E-state index contributed by atoms with van der Waals surface area (Å²) >= 11 is 6.38. The highest BCUT2D eigenvalue weighted by molar-refractivity contribution is 6.34. The van der Waals surface area contributed by atoms with Crippen LogP contribution in [0.1, 0.15) is 64.7 Å². The van der Waals surface area contributed by atoms with Crippen LogP contribution in [-0.4, -0.2) is 39.0 Å². The Morgan fingerprint density at radius 1 is 1.25 bits per heavy atom. The summed E-state index contributed by atoms with van der Waals surface area (Å²) in [5, 5.41) is 0.408. The zero-order chi connectivity index (χ0) is 19.3. The summed E-state index contributed by atoms with van der Waals surface area (Å²) in [4.78, 5) is 32.3. The van der Waals surface area contributed by atoms with Crippen molar-refractivity contribution in [2.75, 3.05) is 6.54 Å². The molecule has 0 unspecified atom stereocenters. The molecule has 1 amide bonds. The van der Waals surface area contributed by atoms with Gasteiger partial charge in [-0.15, -0.1) is 0 Å². The molecule has 3 heterocycles. The minimum absolute atomic E-state index is 0.0960.